The van der Waals surface area contributed by atoms with Gasteiger partial charge in [0.1, 0.15) is 0 Å². The summed E-state index contributed by atoms with van der Waals surface area (Å²) in [6.07, 6.45) is 7.73. The van der Waals surface area contributed by atoms with Gasteiger partial charge in [-0.15, -0.1) is 0 Å². The second-order valence-electron chi connectivity index (χ2n) is 4.32. The summed E-state index contributed by atoms with van der Waals surface area (Å²) in [5, 5.41) is 12.6. The average Bonchev–Trinajstić information content (AvgIpc) is 2.31. The van der Waals surface area contributed by atoms with Crippen LogP contribution >= 0.6 is 11.6 Å². The molecule has 0 heterocycles. The molecule has 1 saturated carbocycles. The van der Waals surface area contributed by atoms with Crippen LogP contribution in [0.1, 0.15) is 49.1 Å². The Morgan fingerprint density at radius 1 is 1.25 bits per heavy atom. The van der Waals surface area contributed by atoms with E-state index in [0.717, 1.165) is 16.1 Å². The minimum absolute atomic E-state index is 0.524. The molecule has 2 nitrogen and oxygen atoms in total. The van der Waals surface area contributed by atoms with Crippen molar-refractivity contribution in [2.75, 3.05) is 0 Å². The molecule has 2 rings (SSSR count). The molecule has 0 bridgehead atoms. The third kappa shape index (κ3) is 2.38. The van der Waals surface area contributed by atoms with Crippen molar-refractivity contribution in [2.24, 2.45) is 5.16 Å². The van der Waals surface area contributed by atoms with Gasteiger partial charge in [-0.2, -0.15) is 0 Å². The van der Waals surface area contributed by atoms with Gasteiger partial charge in [-0.3, -0.25) is 0 Å². The Bertz CT molecular complexity index is 384. The third-order valence-electron chi connectivity index (χ3n) is 3.30. The van der Waals surface area contributed by atoms with Gasteiger partial charge in [0.2, 0.25) is 0 Å². The Morgan fingerprint density at radius 2 is 2.00 bits per heavy atom. The maximum Gasteiger partial charge on any atom is 0.0737 e. The molecule has 3 heteroatoms. The molecule has 0 unspecified atom stereocenters. The normalized spacial score (nSPS) is 18.1. The molecule has 1 aromatic rings. The van der Waals surface area contributed by atoms with Crippen molar-refractivity contribution in [3.63, 3.8) is 0 Å². The van der Waals surface area contributed by atoms with Crippen LogP contribution in [0.2, 0.25) is 5.02 Å². The Labute approximate surface area is 101 Å². The zero-order valence-electron chi connectivity index (χ0n) is 9.19. The fourth-order valence-corrected chi connectivity index (χ4v) is 2.89. The van der Waals surface area contributed by atoms with Crippen LogP contribution in [-0.4, -0.2) is 11.4 Å². The fraction of sp³-hybridized carbons (Fsp3) is 0.462. The van der Waals surface area contributed by atoms with Gasteiger partial charge in [0, 0.05) is 10.6 Å². The summed E-state index contributed by atoms with van der Waals surface area (Å²) in [4.78, 5) is 0. The Kier molecular flexibility index (Phi) is 3.83. The van der Waals surface area contributed by atoms with Crippen LogP contribution in [0.25, 0.3) is 0 Å². The lowest BCUT2D eigenvalue weighted by Gasteiger charge is -2.24. The van der Waals surface area contributed by atoms with E-state index in [4.69, 9.17) is 16.8 Å². The highest BCUT2D eigenvalue weighted by Gasteiger charge is 2.20. The monoisotopic (exact) mass is 237 g/mol. The number of benzene rings is 1. The molecule has 1 aromatic carbocycles. The molecule has 86 valence electrons. The van der Waals surface area contributed by atoms with Crippen molar-refractivity contribution in [3.05, 3.63) is 34.3 Å². The summed E-state index contributed by atoms with van der Waals surface area (Å²) < 4.78 is 0. The van der Waals surface area contributed by atoms with E-state index in [-0.39, 0.29) is 0 Å². The van der Waals surface area contributed by atoms with Crippen molar-refractivity contribution in [2.45, 2.75) is 38.0 Å². The molecule has 0 spiro atoms. The van der Waals surface area contributed by atoms with Gasteiger partial charge in [0.25, 0.3) is 0 Å². The smallest absolute Gasteiger partial charge is 0.0737 e. The summed E-state index contributed by atoms with van der Waals surface area (Å²) >= 11 is 6.26. The fourth-order valence-electron chi connectivity index (χ4n) is 2.55. The van der Waals surface area contributed by atoms with E-state index in [2.05, 4.69) is 5.16 Å². The van der Waals surface area contributed by atoms with Crippen molar-refractivity contribution in [1.29, 1.82) is 0 Å². The maximum absolute atomic E-state index is 8.66. The molecule has 0 aliphatic heterocycles. The summed E-state index contributed by atoms with van der Waals surface area (Å²) in [7, 11) is 0. The van der Waals surface area contributed by atoms with E-state index in [9.17, 15) is 0 Å². The van der Waals surface area contributed by atoms with Crippen LogP contribution in [-0.2, 0) is 0 Å². The first-order valence-electron chi connectivity index (χ1n) is 5.79. The summed E-state index contributed by atoms with van der Waals surface area (Å²) in [5.41, 5.74) is 2.10. The largest absolute Gasteiger partial charge is 0.411 e. The molecule has 1 aliphatic carbocycles. The average molecular weight is 238 g/mol. The van der Waals surface area contributed by atoms with Crippen LogP contribution in [0, 0.1) is 0 Å². The van der Waals surface area contributed by atoms with E-state index >= 15 is 0 Å². The van der Waals surface area contributed by atoms with Gasteiger partial charge >= 0.3 is 0 Å². The van der Waals surface area contributed by atoms with Gasteiger partial charge < -0.3 is 5.21 Å². The summed E-state index contributed by atoms with van der Waals surface area (Å²) in [6, 6.07) is 5.77. The molecule has 0 radical (unpaired) electrons. The highest BCUT2D eigenvalue weighted by molar-refractivity contribution is 6.31. The second kappa shape index (κ2) is 5.35. The first kappa shape index (κ1) is 11.5. The van der Waals surface area contributed by atoms with E-state index < -0.39 is 0 Å². The van der Waals surface area contributed by atoms with Crippen LogP contribution in [0.15, 0.2) is 23.4 Å². The van der Waals surface area contributed by atoms with Gasteiger partial charge in [-0.25, -0.2) is 0 Å². The Morgan fingerprint density at radius 3 is 2.69 bits per heavy atom. The zero-order chi connectivity index (χ0) is 11.4. The molecule has 1 fully saturated rings. The van der Waals surface area contributed by atoms with Crippen molar-refractivity contribution >= 4 is 17.8 Å². The molecule has 0 aromatic heterocycles. The zero-order valence-corrected chi connectivity index (χ0v) is 9.95. The number of hydrogen-bond donors (Lipinski definition) is 1. The van der Waals surface area contributed by atoms with E-state index in [1.807, 2.05) is 18.2 Å². The van der Waals surface area contributed by atoms with Crippen molar-refractivity contribution < 1.29 is 5.21 Å². The number of nitrogens with zero attached hydrogens (tertiary/aromatic N) is 1. The molecule has 1 N–H and O–H groups in total. The Balaban J connectivity index is 2.36. The van der Waals surface area contributed by atoms with Crippen molar-refractivity contribution in [3.8, 4) is 0 Å². The minimum atomic E-state index is 0.524. The summed E-state index contributed by atoms with van der Waals surface area (Å²) in [6.45, 7) is 0. The Hall–Kier alpha value is -1.02. The maximum atomic E-state index is 8.66. The topological polar surface area (TPSA) is 32.6 Å². The van der Waals surface area contributed by atoms with Gasteiger partial charge in [-0.05, 0) is 30.4 Å². The lowest BCUT2D eigenvalue weighted by molar-refractivity contribution is 0.321. The highest BCUT2D eigenvalue weighted by atomic mass is 35.5. The van der Waals surface area contributed by atoms with Crippen LogP contribution in [0.5, 0.6) is 0 Å². The molecule has 0 atom stereocenters. The molecule has 0 amide bonds. The van der Waals surface area contributed by atoms with Gasteiger partial charge in [-0.1, -0.05) is 48.2 Å². The standard InChI is InChI=1S/C13H16ClNO/c14-12-8-4-7-11(9-15-16)13(12)10-5-2-1-3-6-10/h4,7-10,16H,1-3,5-6H2. The van der Waals surface area contributed by atoms with Crippen LogP contribution in [0.4, 0.5) is 0 Å². The number of hydrogen-bond acceptors (Lipinski definition) is 2. The quantitative estimate of drug-likeness (QED) is 0.467. The number of rotatable bonds is 2. The second-order valence-corrected chi connectivity index (χ2v) is 4.73. The lowest BCUT2D eigenvalue weighted by atomic mass is 9.82. The lowest BCUT2D eigenvalue weighted by Crippen LogP contribution is -2.08. The summed E-state index contributed by atoms with van der Waals surface area (Å²) in [5.74, 6) is 0.524. The number of oxime groups is 1. The van der Waals surface area contributed by atoms with Crippen LogP contribution < -0.4 is 0 Å². The first-order valence-corrected chi connectivity index (χ1v) is 6.16. The van der Waals surface area contributed by atoms with Crippen LogP contribution in [0.3, 0.4) is 0 Å². The predicted octanol–water partition coefficient (Wildman–Crippen LogP) is 4.20. The molecule has 0 saturated heterocycles. The molecular formula is C13H16ClNO. The predicted molar refractivity (Wildman–Crippen MR) is 66.7 cm³/mol. The molecule has 1 aliphatic rings. The highest BCUT2D eigenvalue weighted by Crippen LogP contribution is 2.37. The minimum Gasteiger partial charge on any atom is -0.411 e. The van der Waals surface area contributed by atoms with Crippen molar-refractivity contribution in [1.82, 2.24) is 0 Å². The molecular weight excluding hydrogens is 222 g/mol. The van der Waals surface area contributed by atoms with E-state index in [1.54, 1.807) is 0 Å². The third-order valence-corrected chi connectivity index (χ3v) is 3.63. The molecule has 16 heavy (non-hydrogen) atoms. The number of halogens is 1. The SMILES string of the molecule is ON=Cc1cccc(Cl)c1C1CCCCC1. The van der Waals surface area contributed by atoms with Gasteiger partial charge in [0.15, 0.2) is 0 Å². The van der Waals surface area contributed by atoms with E-state index in [0.29, 0.717) is 5.92 Å². The first-order chi connectivity index (χ1) is 7.83. The van der Waals surface area contributed by atoms with E-state index in [1.165, 1.54) is 38.3 Å². The van der Waals surface area contributed by atoms with Gasteiger partial charge in [0.05, 0.1) is 6.21 Å².